The molecule has 2 heterocycles. The van der Waals surface area contributed by atoms with E-state index in [1.165, 1.54) is 25.9 Å². The van der Waals surface area contributed by atoms with Gasteiger partial charge in [0.1, 0.15) is 0 Å². The van der Waals surface area contributed by atoms with Gasteiger partial charge in [-0.1, -0.05) is 0 Å². The molecule has 2 aliphatic rings. The first-order chi connectivity index (χ1) is 8.18. The molecule has 0 radical (unpaired) electrons. The second-order valence-electron chi connectivity index (χ2n) is 5.86. The Bertz CT molecular complexity index is 218. The van der Waals surface area contributed by atoms with Crippen LogP contribution in [0.2, 0.25) is 0 Å². The molecule has 2 aliphatic heterocycles. The fraction of sp³-hybridized carbons (Fsp3) is 1.00. The van der Waals surface area contributed by atoms with Gasteiger partial charge in [0.15, 0.2) is 0 Å². The molecule has 2 saturated heterocycles. The Hall–Kier alpha value is -0.120. The molecule has 0 N–H and O–H groups in total. The zero-order valence-electron chi connectivity index (χ0n) is 11.7. The van der Waals surface area contributed by atoms with Crippen LogP contribution < -0.4 is 0 Å². The Morgan fingerprint density at radius 1 is 0.882 bits per heavy atom. The van der Waals surface area contributed by atoms with Crippen molar-refractivity contribution in [2.45, 2.75) is 45.7 Å². The van der Waals surface area contributed by atoms with Gasteiger partial charge in [-0.15, -0.1) is 0 Å². The topological polar surface area (TPSA) is 15.7 Å². The highest BCUT2D eigenvalue weighted by molar-refractivity contribution is 4.83. The van der Waals surface area contributed by atoms with Crippen molar-refractivity contribution in [3.63, 3.8) is 0 Å². The van der Waals surface area contributed by atoms with Crippen molar-refractivity contribution in [3.8, 4) is 0 Å². The number of piperidine rings is 1. The zero-order chi connectivity index (χ0) is 12.3. The van der Waals surface area contributed by atoms with Gasteiger partial charge in [0, 0.05) is 25.2 Å². The van der Waals surface area contributed by atoms with Crippen molar-refractivity contribution in [3.05, 3.63) is 0 Å². The summed E-state index contributed by atoms with van der Waals surface area (Å²) in [4.78, 5) is 5.24. The molecule has 0 aromatic rings. The largest absolute Gasteiger partial charge is 0.379 e. The van der Waals surface area contributed by atoms with Crippen LogP contribution in [0.4, 0.5) is 0 Å². The van der Waals surface area contributed by atoms with Crippen molar-refractivity contribution in [1.82, 2.24) is 9.80 Å². The lowest BCUT2D eigenvalue weighted by Crippen LogP contribution is -2.49. The SMILES string of the molecule is CC(C)N1CCC([C@H](C)N2CCOCC2)CC1. The molecule has 0 aromatic heterocycles. The first kappa shape index (κ1) is 13.3. The van der Waals surface area contributed by atoms with Crippen LogP contribution in [0.5, 0.6) is 0 Å². The van der Waals surface area contributed by atoms with Crippen LogP contribution in [0.3, 0.4) is 0 Å². The number of hydrogen-bond acceptors (Lipinski definition) is 3. The van der Waals surface area contributed by atoms with Crippen LogP contribution in [0.15, 0.2) is 0 Å². The Morgan fingerprint density at radius 2 is 1.47 bits per heavy atom. The summed E-state index contributed by atoms with van der Waals surface area (Å²) in [5.74, 6) is 0.892. The van der Waals surface area contributed by atoms with Crippen molar-refractivity contribution >= 4 is 0 Å². The molecule has 2 rings (SSSR count). The number of likely N-dealkylation sites (tertiary alicyclic amines) is 1. The van der Waals surface area contributed by atoms with Gasteiger partial charge in [0.05, 0.1) is 13.2 Å². The minimum atomic E-state index is 0.717. The monoisotopic (exact) mass is 240 g/mol. The fourth-order valence-corrected chi connectivity index (χ4v) is 3.20. The summed E-state index contributed by atoms with van der Waals surface area (Å²) in [6.07, 6.45) is 2.74. The average Bonchev–Trinajstić information content (AvgIpc) is 2.39. The minimum Gasteiger partial charge on any atom is -0.379 e. The number of nitrogens with zero attached hydrogens (tertiary/aromatic N) is 2. The molecule has 3 nitrogen and oxygen atoms in total. The molecule has 0 amide bonds. The summed E-state index contributed by atoms with van der Waals surface area (Å²) in [5.41, 5.74) is 0. The van der Waals surface area contributed by atoms with Gasteiger partial charge in [0.25, 0.3) is 0 Å². The molecule has 0 spiro atoms. The van der Waals surface area contributed by atoms with E-state index in [1.807, 2.05) is 0 Å². The number of ether oxygens (including phenoxy) is 1. The van der Waals surface area contributed by atoms with E-state index in [-0.39, 0.29) is 0 Å². The molecule has 2 fully saturated rings. The number of morpholine rings is 1. The van der Waals surface area contributed by atoms with E-state index in [9.17, 15) is 0 Å². The average molecular weight is 240 g/mol. The quantitative estimate of drug-likeness (QED) is 0.748. The first-order valence-corrected chi connectivity index (χ1v) is 7.24. The molecule has 0 aromatic carbocycles. The van der Waals surface area contributed by atoms with Crippen LogP contribution in [-0.2, 0) is 4.74 Å². The van der Waals surface area contributed by atoms with Crippen LogP contribution in [-0.4, -0.2) is 61.3 Å². The molecule has 0 aliphatic carbocycles. The van der Waals surface area contributed by atoms with E-state index >= 15 is 0 Å². The Morgan fingerprint density at radius 3 is 2.00 bits per heavy atom. The third-order valence-electron chi connectivity index (χ3n) is 4.61. The highest BCUT2D eigenvalue weighted by Gasteiger charge is 2.28. The molecule has 0 saturated carbocycles. The third kappa shape index (κ3) is 3.43. The van der Waals surface area contributed by atoms with Crippen LogP contribution in [0.1, 0.15) is 33.6 Å². The number of hydrogen-bond donors (Lipinski definition) is 0. The van der Waals surface area contributed by atoms with Gasteiger partial charge in [-0.25, -0.2) is 0 Å². The molecule has 3 heteroatoms. The molecular formula is C14H28N2O. The lowest BCUT2D eigenvalue weighted by Gasteiger charge is -2.42. The standard InChI is InChI=1S/C14H28N2O/c1-12(2)15-6-4-14(5-7-15)13(3)16-8-10-17-11-9-16/h12-14H,4-11H2,1-3H3/t13-/m0/s1. The van der Waals surface area contributed by atoms with Gasteiger partial charge in [-0.05, 0) is 52.6 Å². The fourth-order valence-electron chi connectivity index (χ4n) is 3.20. The van der Waals surface area contributed by atoms with Gasteiger partial charge < -0.3 is 9.64 Å². The molecular weight excluding hydrogens is 212 g/mol. The Labute approximate surface area is 106 Å². The number of rotatable bonds is 3. The van der Waals surface area contributed by atoms with Crippen LogP contribution >= 0.6 is 0 Å². The summed E-state index contributed by atoms with van der Waals surface area (Å²) >= 11 is 0. The van der Waals surface area contributed by atoms with E-state index in [0.717, 1.165) is 44.3 Å². The molecule has 0 bridgehead atoms. The minimum absolute atomic E-state index is 0.717. The summed E-state index contributed by atoms with van der Waals surface area (Å²) in [7, 11) is 0. The highest BCUT2D eigenvalue weighted by Crippen LogP contribution is 2.25. The van der Waals surface area contributed by atoms with Crippen molar-refractivity contribution < 1.29 is 4.74 Å². The van der Waals surface area contributed by atoms with Crippen molar-refractivity contribution in [2.24, 2.45) is 5.92 Å². The maximum Gasteiger partial charge on any atom is 0.0594 e. The maximum absolute atomic E-state index is 5.44. The van der Waals surface area contributed by atoms with E-state index < -0.39 is 0 Å². The first-order valence-electron chi connectivity index (χ1n) is 7.24. The van der Waals surface area contributed by atoms with Gasteiger partial charge in [0.2, 0.25) is 0 Å². The summed E-state index contributed by atoms with van der Waals surface area (Å²) in [5, 5.41) is 0. The second kappa shape index (κ2) is 6.17. The molecule has 0 unspecified atom stereocenters. The lowest BCUT2D eigenvalue weighted by molar-refractivity contribution is -0.00312. The molecule has 17 heavy (non-hydrogen) atoms. The second-order valence-corrected chi connectivity index (χ2v) is 5.86. The van der Waals surface area contributed by atoms with E-state index in [0.29, 0.717) is 0 Å². The van der Waals surface area contributed by atoms with Crippen LogP contribution in [0.25, 0.3) is 0 Å². The molecule has 1 atom stereocenters. The summed E-state index contributed by atoms with van der Waals surface area (Å²) < 4.78 is 5.44. The van der Waals surface area contributed by atoms with E-state index in [2.05, 4.69) is 30.6 Å². The predicted octanol–water partition coefficient (Wildman–Crippen LogP) is 1.83. The van der Waals surface area contributed by atoms with Gasteiger partial charge in [-0.3, -0.25) is 4.90 Å². The normalized spacial score (nSPS) is 27.5. The van der Waals surface area contributed by atoms with Crippen molar-refractivity contribution in [2.75, 3.05) is 39.4 Å². The smallest absolute Gasteiger partial charge is 0.0594 e. The van der Waals surface area contributed by atoms with Gasteiger partial charge >= 0.3 is 0 Å². The Kier molecular flexibility index (Phi) is 4.83. The Balaban J connectivity index is 1.79. The predicted molar refractivity (Wildman–Crippen MR) is 71.3 cm³/mol. The van der Waals surface area contributed by atoms with Crippen molar-refractivity contribution in [1.29, 1.82) is 0 Å². The zero-order valence-corrected chi connectivity index (χ0v) is 11.7. The van der Waals surface area contributed by atoms with E-state index in [1.54, 1.807) is 0 Å². The lowest BCUT2D eigenvalue weighted by atomic mass is 9.88. The summed E-state index contributed by atoms with van der Waals surface area (Å²) in [6, 6.07) is 1.46. The van der Waals surface area contributed by atoms with Gasteiger partial charge in [-0.2, -0.15) is 0 Å². The van der Waals surface area contributed by atoms with Crippen LogP contribution in [0, 0.1) is 5.92 Å². The highest BCUT2D eigenvalue weighted by atomic mass is 16.5. The summed E-state index contributed by atoms with van der Waals surface area (Å²) in [6.45, 7) is 13.7. The molecule has 100 valence electrons. The third-order valence-corrected chi connectivity index (χ3v) is 4.61. The maximum atomic E-state index is 5.44. The van der Waals surface area contributed by atoms with E-state index in [4.69, 9.17) is 4.74 Å².